The van der Waals surface area contributed by atoms with Crippen molar-refractivity contribution in [3.8, 4) is 0 Å². The van der Waals surface area contributed by atoms with Crippen LogP contribution in [0.5, 0.6) is 0 Å². The van der Waals surface area contributed by atoms with Crippen LogP contribution in [0.3, 0.4) is 0 Å². The molecule has 0 saturated carbocycles. The maximum atomic E-state index is 10.2. The molecule has 0 radical (unpaired) electrons. The zero-order chi connectivity index (χ0) is 12.3. The van der Waals surface area contributed by atoms with Crippen LogP contribution in [0.4, 0.5) is 0 Å². The Kier molecular flexibility index (Phi) is 3.54. The van der Waals surface area contributed by atoms with E-state index in [4.69, 9.17) is 0 Å². The summed E-state index contributed by atoms with van der Waals surface area (Å²) in [6.07, 6.45) is 7.29. The number of aryl methyl sites for hydroxylation is 2. The van der Waals surface area contributed by atoms with Crippen molar-refractivity contribution in [2.24, 2.45) is 0 Å². The highest BCUT2D eigenvalue weighted by Crippen LogP contribution is 2.20. The van der Waals surface area contributed by atoms with Crippen LogP contribution in [0, 0.1) is 6.92 Å². The Morgan fingerprint density at radius 1 is 1.41 bits per heavy atom. The molecule has 0 aliphatic rings. The summed E-state index contributed by atoms with van der Waals surface area (Å²) in [6.45, 7) is 4.87. The first-order chi connectivity index (χ1) is 8.20. The number of aliphatic hydroxyl groups excluding tert-OH is 1. The molecule has 4 nitrogen and oxygen atoms in total. The fraction of sp³-hybridized carbons (Fsp3) is 0.385. The summed E-state index contributed by atoms with van der Waals surface area (Å²) in [7, 11) is 0. The fourth-order valence-corrected chi connectivity index (χ4v) is 1.84. The predicted octanol–water partition coefficient (Wildman–Crippen LogP) is 1.88. The van der Waals surface area contributed by atoms with E-state index in [-0.39, 0.29) is 0 Å². The number of rotatable bonds is 4. The lowest BCUT2D eigenvalue weighted by Gasteiger charge is -2.11. The Hall–Kier alpha value is -1.68. The standard InChI is InChI=1S/C13H17N3O/c1-3-16-9-11(7-15-16)6-13(17)12-8-14-5-4-10(12)2/h4-5,7-9,13,17H,3,6H2,1-2H3. The average molecular weight is 231 g/mol. The quantitative estimate of drug-likeness (QED) is 0.874. The number of aromatic nitrogens is 3. The molecule has 2 heterocycles. The Morgan fingerprint density at radius 3 is 2.88 bits per heavy atom. The van der Waals surface area contributed by atoms with Crippen molar-refractivity contribution in [2.75, 3.05) is 0 Å². The molecular weight excluding hydrogens is 214 g/mol. The largest absolute Gasteiger partial charge is 0.388 e. The monoisotopic (exact) mass is 231 g/mol. The van der Waals surface area contributed by atoms with Crippen LogP contribution < -0.4 is 0 Å². The molecule has 2 rings (SSSR count). The van der Waals surface area contributed by atoms with Gasteiger partial charge in [-0.1, -0.05) is 0 Å². The molecule has 0 spiro atoms. The lowest BCUT2D eigenvalue weighted by atomic mass is 10.0. The van der Waals surface area contributed by atoms with E-state index in [9.17, 15) is 5.11 Å². The molecule has 0 aliphatic carbocycles. The van der Waals surface area contributed by atoms with Gasteiger partial charge in [0.2, 0.25) is 0 Å². The molecule has 0 aliphatic heterocycles. The van der Waals surface area contributed by atoms with E-state index in [0.29, 0.717) is 6.42 Å². The third kappa shape index (κ3) is 2.71. The second kappa shape index (κ2) is 5.10. The predicted molar refractivity (Wildman–Crippen MR) is 65.5 cm³/mol. The Balaban J connectivity index is 2.11. The summed E-state index contributed by atoms with van der Waals surface area (Å²) < 4.78 is 1.86. The van der Waals surface area contributed by atoms with Gasteiger partial charge in [0, 0.05) is 37.1 Å². The van der Waals surface area contributed by atoms with E-state index in [1.165, 1.54) is 0 Å². The minimum absolute atomic E-state index is 0.516. The lowest BCUT2D eigenvalue weighted by Crippen LogP contribution is -2.04. The molecule has 0 bridgehead atoms. The Bertz CT molecular complexity index is 493. The van der Waals surface area contributed by atoms with Crippen molar-refractivity contribution in [1.82, 2.24) is 14.8 Å². The van der Waals surface area contributed by atoms with Crippen LogP contribution in [0.2, 0.25) is 0 Å². The zero-order valence-corrected chi connectivity index (χ0v) is 10.2. The second-order valence-electron chi connectivity index (χ2n) is 4.16. The van der Waals surface area contributed by atoms with Gasteiger partial charge in [-0.25, -0.2) is 0 Å². The first-order valence-electron chi connectivity index (χ1n) is 5.80. The second-order valence-corrected chi connectivity index (χ2v) is 4.16. The summed E-state index contributed by atoms with van der Waals surface area (Å²) in [5.74, 6) is 0. The minimum atomic E-state index is -0.516. The van der Waals surface area contributed by atoms with Gasteiger partial charge in [0.1, 0.15) is 0 Å². The molecule has 2 aromatic rings. The third-order valence-electron chi connectivity index (χ3n) is 2.88. The van der Waals surface area contributed by atoms with Crippen molar-refractivity contribution in [3.05, 3.63) is 47.5 Å². The van der Waals surface area contributed by atoms with Crippen molar-refractivity contribution < 1.29 is 5.11 Å². The molecule has 4 heteroatoms. The van der Waals surface area contributed by atoms with Crippen molar-refractivity contribution in [3.63, 3.8) is 0 Å². The van der Waals surface area contributed by atoms with Gasteiger partial charge in [-0.2, -0.15) is 5.10 Å². The summed E-state index contributed by atoms with van der Waals surface area (Å²) in [6, 6.07) is 1.91. The average Bonchev–Trinajstić information content (AvgIpc) is 2.77. The molecule has 1 atom stereocenters. The molecule has 0 saturated heterocycles. The summed E-state index contributed by atoms with van der Waals surface area (Å²) >= 11 is 0. The molecule has 1 N–H and O–H groups in total. The van der Waals surface area contributed by atoms with Crippen LogP contribution in [-0.4, -0.2) is 19.9 Å². The highest BCUT2D eigenvalue weighted by molar-refractivity contribution is 5.25. The molecular formula is C13H17N3O. The number of nitrogens with zero attached hydrogens (tertiary/aromatic N) is 3. The summed E-state index contributed by atoms with van der Waals surface area (Å²) in [5.41, 5.74) is 3.00. The van der Waals surface area contributed by atoms with Crippen LogP contribution in [0.25, 0.3) is 0 Å². The Labute approximate surface area is 101 Å². The molecule has 0 amide bonds. The van der Waals surface area contributed by atoms with Crippen LogP contribution in [0.15, 0.2) is 30.9 Å². The third-order valence-corrected chi connectivity index (χ3v) is 2.88. The molecule has 2 aromatic heterocycles. The van der Waals surface area contributed by atoms with Gasteiger partial charge in [-0.3, -0.25) is 9.67 Å². The van der Waals surface area contributed by atoms with Crippen LogP contribution in [0.1, 0.15) is 29.7 Å². The topological polar surface area (TPSA) is 50.9 Å². The number of pyridine rings is 1. The normalized spacial score (nSPS) is 12.6. The number of hydrogen-bond acceptors (Lipinski definition) is 3. The molecule has 0 fully saturated rings. The first-order valence-corrected chi connectivity index (χ1v) is 5.80. The van der Waals surface area contributed by atoms with Gasteiger partial charge in [0.05, 0.1) is 12.3 Å². The fourth-order valence-electron chi connectivity index (χ4n) is 1.84. The van der Waals surface area contributed by atoms with Crippen molar-refractivity contribution in [2.45, 2.75) is 32.9 Å². The SMILES string of the molecule is CCn1cc(CC(O)c2cnccc2C)cn1. The smallest absolute Gasteiger partial charge is 0.0848 e. The van der Waals surface area contributed by atoms with Gasteiger partial charge >= 0.3 is 0 Å². The molecule has 17 heavy (non-hydrogen) atoms. The highest BCUT2D eigenvalue weighted by Gasteiger charge is 2.12. The van der Waals surface area contributed by atoms with Gasteiger partial charge in [0.15, 0.2) is 0 Å². The van der Waals surface area contributed by atoms with Gasteiger partial charge in [-0.05, 0) is 31.0 Å². The van der Waals surface area contributed by atoms with Crippen LogP contribution in [-0.2, 0) is 13.0 Å². The van der Waals surface area contributed by atoms with E-state index in [2.05, 4.69) is 10.1 Å². The number of hydrogen-bond donors (Lipinski definition) is 1. The van der Waals surface area contributed by atoms with E-state index in [1.807, 2.05) is 30.8 Å². The Morgan fingerprint density at radius 2 is 2.24 bits per heavy atom. The molecule has 0 aromatic carbocycles. The maximum absolute atomic E-state index is 10.2. The van der Waals surface area contributed by atoms with Crippen molar-refractivity contribution in [1.29, 1.82) is 0 Å². The summed E-state index contributed by atoms with van der Waals surface area (Å²) in [5, 5.41) is 14.4. The lowest BCUT2D eigenvalue weighted by molar-refractivity contribution is 0.177. The van der Waals surface area contributed by atoms with E-state index in [1.54, 1.807) is 18.6 Å². The van der Waals surface area contributed by atoms with Gasteiger partial charge in [-0.15, -0.1) is 0 Å². The highest BCUT2D eigenvalue weighted by atomic mass is 16.3. The van der Waals surface area contributed by atoms with E-state index >= 15 is 0 Å². The van der Waals surface area contributed by atoms with E-state index in [0.717, 1.165) is 23.2 Å². The maximum Gasteiger partial charge on any atom is 0.0848 e. The van der Waals surface area contributed by atoms with Crippen LogP contribution >= 0.6 is 0 Å². The molecule has 90 valence electrons. The minimum Gasteiger partial charge on any atom is -0.388 e. The number of aliphatic hydroxyl groups is 1. The van der Waals surface area contributed by atoms with Crippen molar-refractivity contribution >= 4 is 0 Å². The first kappa shape index (κ1) is 11.8. The summed E-state index contributed by atoms with van der Waals surface area (Å²) in [4.78, 5) is 4.05. The van der Waals surface area contributed by atoms with Gasteiger partial charge in [0.25, 0.3) is 0 Å². The van der Waals surface area contributed by atoms with E-state index < -0.39 is 6.10 Å². The zero-order valence-electron chi connectivity index (χ0n) is 10.2. The van der Waals surface area contributed by atoms with Gasteiger partial charge < -0.3 is 5.11 Å². The molecule has 1 unspecified atom stereocenters.